The summed E-state index contributed by atoms with van der Waals surface area (Å²) in [5.41, 5.74) is 0. The van der Waals surface area contributed by atoms with Gasteiger partial charge in [0.25, 0.3) is 0 Å². The molecule has 0 spiro atoms. The molecule has 0 saturated carbocycles. The Labute approximate surface area is 114 Å². The van der Waals surface area contributed by atoms with E-state index in [0.29, 0.717) is 6.42 Å². The lowest BCUT2D eigenvalue weighted by atomic mass is 9.95. The van der Waals surface area contributed by atoms with E-state index < -0.39 is 5.97 Å². The number of carbonyl (C=O) groups excluding carboxylic acids is 1. The molecule has 0 radical (unpaired) electrons. The SMILES string of the molecule is O=C(O)CCC1CCCCN1C(=O)[C@@H]1CCCCN1. The molecule has 2 N–H and O–H groups in total. The molecule has 0 bridgehead atoms. The van der Waals surface area contributed by atoms with Gasteiger partial charge in [-0.1, -0.05) is 6.42 Å². The number of carboxylic acids is 1. The molecule has 2 rings (SSSR count). The number of hydrogen-bond acceptors (Lipinski definition) is 3. The van der Waals surface area contributed by atoms with Crippen molar-refractivity contribution in [2.75, 3.05) is 13.1 Å². The van der Waals surface area contributed by atoms with Gasteiger partial charge in [-0.3, -0.25) is 9.59 Å². The van der Waals surface area contributed by atoms with E-state index in [-0.39, 0.29) is 24.4 Å². The molecule has 2 fully saturated rings. The van der Waals surface area contributed by atoms with Gasteiger partial charge < -0.3 is 15.3 Å². The normalized spacial score (nSPS) is 28.1. The van der Waals surface area contributed by atoms with E-state index in [1.54, 1.807) is 0 Å². The first-order valence-corrected chi connectivity index (χ1v) is 7.44. The summed E-state index contributed by atoms with van der Waals surface area (Å²) >= 11 is 0. The molecule has 1 amide bonds. The number of amides is 1. The fourth-order valence-corrected chi connectivity index (χ4v) is 3.14. The van der Waals surface area contributed by atoms with Crippen LogP contribution in [0.1, 0.15) is 51.4 Å². The summed E-state index contributed by atoms with van der Waals surface area (Å²) in [6.07, 6.45) is 7.02. The molecular weight excluding hydrogens is 244 g/mol. The Kier molecular flexibility index (Phi) is 5.19. The number of rotatable bonds is 4. The van der Waals surface area contributed by atoms with Crippen molar-refractivity contribution in [3.05, 3.63) is 0 Å². The zero-order valence-corrected chi connectivity index (χ0v) is 11.4. The number of hydrogen-bond donors (Lipinski definition) is 2. The molecule has 2 saturated heterocycles. The van der Waals surface area contributed by atoms with Crippen molar-refractivity contribution in [1.29, 1.82) is 0 Å². The highest BCUT2D eigenvalue weighted by molar-refractivity contribution is 5.82. The topological polar surface area (TPSA) is 69.6 Å². The van der Waals surface area contributed by atoms with Crippen molar-refractivity contribution in [3.63, 3.8) is 0 Å². The Morgan fingerprint density at radius 1 is 1.16 bits per heavy atom. The van der Waals surface area contributed by atoms with E-state index in [0.717, 1.165) is 51.6 Å². The first kappa shape index (κ1) is 14.3. The van der Waals surface area contributed by atoms with Crippen LogP contribution in [0.3, 0.4) is 0 Å². The summed E-state index contributed by atoms with van der Waals surface area (Å²) in [5.74, 6) is -0.580. The lowest BCUT2D eigenvalue weighted by molar-refractivity contribution is -0.141. The van der Waals surface area contributed by atoms with Crippen LogP contribution in [0.2, 0.25) is 0 Å². The van der Waals surface area contributed by atoms with Crippen LogP contribution >= 0.6 is 0 Å². The van der Waals surface area contributed by atoms with E-state index in [1.165, 1.54) is 0 Å². The van der Waals surface area contributed by atoms with E-state index in [2.05, 4.69) is 5.32 Å². The third-order valence-electron chi connectivity index (χ3n) is 4.21. The van der Waals surface area contributed by atoms with Crippen molar-refractivity contribution in [1.82, 2.24) is 10.2 Å². The van der Waals surface area contributed by atoms with Crippen LogP contribution in [-0.2, 0) is 9.59 Å². The van der Waals surface area contributed by atoms with Crippen LogP contribution < -0.4 is 5.32 Å². The Balaban J connectivity index is 1.93. The second kappa shape index (κ2) is 6.89. The standard InChI is InChI=1S/C14H24N2O3/c17-13(18)8-7-11-5-2-4-10-16(11)14(19)12-6-1-3-9-15-12/h11-12,15H,1-10H2,(H,17,18)/t11?,12-/m0/s1. The number of carboxylic acid groups (broad SMARTS) is 1. The number of likely N-dealkylation sites (tertiary alicyclic amines) is 1. The number of carbonyl (C=O) groups is 2. The van der Waals surface area contributed by atoms with Gasteiger partial charge in [0.1, 0.15) is 0 Å². The van der Waals surface area contributed by atoms with Crippen LogP contribution in [-0.4, -0.2) is 47.1 Å². The molecule has 19 heavy (non-hydrogen) atoms. The van der Waals surface area contributed by atoms with Crippen molar-refractivity contribution in [2.45, 2.75) is 63.5 Å². The summed E-state index contributed by atoms with van der Waals surface area (Å²) in [5, 5.41) is 12.1. The molecule has 0 aromatic rings. The predicted octanol–water partition coefficient (Wildman–Crippen LogP) is 1.37. The smallest absolute Gasteiger partial charge is 0.303 e. The van der Waals surface area contributed by atoms with Crippen molar-refractivity contribution in [3.8, 4) is 0 Å². The minimum Gasteiger partial charge on any atom is -0.481 e. The maximum absolute atomic E-state index is 12.5. The maximum atomic E-state index is 12.5. The van der Waals surface area contributed by atoms with Gasteiger partial charge in [-0.25, -0.2) is 0 Å². The molecule has 0 aromatic heterocycles. The molecule has 2 atom stereocenters. The van der Waals surface area contributed by atoms with E-state index >= 15 is 0 Å². The second-order valence-electron chi connectivity index (χ2n) is 5.62. The van der Waals surface area contributed by atoms with Crippen LogP contribution in [0.15, 0.2) is 0 Å². The van der Waals surface area contributed by atoms with Gasteiger partial charge in [0.2, 0.25) is 5.91 Å². The molecule has 2 heterocycles. The molecule has 0 aromatic carbocycles. The summed E-state index contributed by atoms with van der Waals surface area (Å²) < 4.78 is 0. The highest BCUT2D eigenvalue weighted by Crippen LogP contribution is 2.23. The molecule has 108 valence electrons. The highest BCUT2D eigenvalue weighted by atomic mass is 16.4. The average Bonchev–Trinajstić information content (AvgIpc) is 2.45. The Bertz CT molecular complexity index is 327. The number of aliphatic carboxylic acids is 1. The van der Waals surface area contributed by atoms with Crippen LogP contribution in [0.4, 0.5) is 0 Å². The maximum Gasteiger partial charge on any atom is 0.303 e. The van der Waals surface area contributed by atoms with E-state index in [1.807, 2.05) is 4.90 Å². The Morgan fingerprint density at radius 2 is 1.95 bits per heavy atom. The van der Waals surface area contributed by atoms with Gasteiger partial charge in [-0.05, 0) is 45.1 Å². The summed E-state index contributed by atoms with van der Waals surface area (Å²) in [4.78, 5) is 25.2. The van der Waals surface area contributed by atoms with Gasteiger partial charge in [0, 0.05) is 19.0 Å². The largest absolute Gasteiger partial charge is 0.481 e. The van der Waals surface area contributed by atoms with Gasteiger partial charge >= 0.3 is 5.97 Å². The van der Waals surface area contributed by atoms with Crippen LogP contribution in [0, 0.1) is 0 Å². The number of piperidine rings is 2. The molecular formula is C14H24N2O3. The first-order valence-electron chi connectivity index (χ1n) is 7.44. The zero-order valence-electron chi connectivity index (χ0n) is 11.4. The third-order valence-corrected chi connectivity index (χ3v) is 4.21. The Hall–Kier alpha value is -1.10. The van der Waals surface area contributed by atoms with E-state index in [9.17, 15) is 9.59 Å². The summed E-state index contributed by atoms with van der Waals surface area (Å²) in [6.45, 7) is 1.71. The first-order chi connectivity index (χ1) is 9.18. The van der Waals surface area contributed by atoms with Gasteiger partial charge in [0.05, 0.1) is 6.04 Å². The summed E-state index contributed by atoms with van der Waals surface area (Å²) in [7, 11) is 0. The third kappa shape index (κ3) is 3.93. The minimum absolute atomic E-state index is 0.0424. The van der Waals surface area contributed by atoms with Crippen molar-refractivity contribution >= 4 is 11.9 Å². The monoisotopic (exact) mass is 268 g/mol. The quantitative estimate of drug-likeness (QED) is 0.808. The lowest BCUT2D eigenvalue weighted by Crippen LogP contribution is -2.53. The fraction of sp³-hybridized carbons (Fsp3) is 0.857. The summed E-state index contributed by atoms with van der Waals surface area (Å²) in [6, 6.07) is 0.0836. The van der Waals surface area contributed by atoms with E-state index in [4.69, 9.17) is 5.11 Å². The van der Waals surface area contributed by atoms with Crippen LogP contribution in [0.5, 0.6) is 0 Å². The van der Waals surface area contributed by atoms with Crippen LogP contribution in [0.25, 0.3) is 0 Å². The molecule has 2 aliphatic heterocycles. The number of nitrogens with one attached hydrogen (secondary N) is 1. The van der Waals surface area contributed by atoms with Crippen molar-refractivity contribution < 1.29 is 14.7 Å². The lowest BCUT2D eigenvalue weighted by Gasteiger charge is -2.38. The van der Waals surface area contributed by atoms with Crippen molar-refractivity contribution in [2.24, 2.45) is 0 Å². The van der Waals surface area contributed by atoms with Gasteiger partial charge in [0.15, 0.2) is 0 Å². The van der Waals surface area contributed by atoms with Gasteiger partial charge in [-0.15, -0.1) is 0 Å². The highest BCUT2D eigenvalue weighted by Gasteiger charge is 2.32. The zero-order chi connectivity index (χ0) is 13.7. The second-order valence-corrected chi connectivity index (χ2v) is 5.62. The van der Waals surface area contributed by atoms with Gasteiger partial charge in [-0.2, -0.15) is 0 Å². The Morgan fingerprint density at radius 3 is 2.63 bits per heavy atom. The number of nitrogens with zero attached hydrogens (tertiary/aromatic N) is 1. The fourth-order valence-electron chi connectivity index (χ4n) is 3.14. The molecule has 1 unspecified atom stereocenters. The average molecular weight is 268 g/mol. The minimum atomic E-state index is -0.770. The molecule has 5 heteroatoms. The predicted molar refractivity (Wildman–Crippen MR) is 71.9 cm³/mol. The molecule has 0 aliphatic carbocycles. The molecule has 5 nitrogen and oxygen atoms in total. The molecule has 2 aliphatic rings.